The monoisotopic (exact) mass is 272 g/mol. The number of benzene rings is 1. The van der Waals surface area contributed by atoms with Gasteiger partial charge in [0.25, 0.3) is 0 Å². The summed E-state index contributed by atoms with van der Waals surface area (Å²) < 4.78 is 12.2. The maximum atomic E-state index is 12.2. The fourth-order valence-corrected chi connectivity index (χ4v) is 1.90. The highest BCUT2D eigenvalue weighted by Crippen LogP contribution is 2.27. The summed E-state index contributed by atoms with van der Waals surface area (Å²) in [5.74, 6) is 1.21. The van der Waals surface area contributed by atoms with E-state index in [2.05, 4.69) is 0 Å². The van der Waals surface area contributed by atoms with Crippen molar-refractivity contribution in [3.8, 4) is 11.5 Å². The van der Waals surface area contributed by atoms with Gasteiger partial charge in [0.15, 0.2) is 23.9 Å². The van der Waals surface area contributed by atoms with Gasteiger partial charge in [0.2, 0.25) is 12.3 Å². The predicted octanol–water partition coefficient (Wildman–Crippen LogP) is 2.18. The molecule has 1 heterocycles. The van der Waals surface area contributed by atoms with Crippen LogP contribution in [-0.2, 0) is 6.54 Å². The van der Waals surface area contributed by atoms with Crippen LogP contribution < -0.4 is 14.0 Å². The number of carbonyl (C=O) groups excluding carboxylic acids is 1. The zero-order chi connectivity index (χ0) is 14.5. The highest BCUT2D eigenvalue weighted by Gasteiger charge is 2.14. The lowest BCUT2D eigenvalue weighted by Gasteiger charge is -2.08. The molecule has 0 bridgehead atoms. The van der Waals surface area contributed by atoms with Gasteiger partial charge in [-0.05, 0) is 30.7 Å². The third-order valence-electron chi connectivity index (χ3n) is 3.09. The van der Waals surface area contributed by atoms with Crippen molar-refractivity contribution in [2.45, 2.75) is 13.5 Å². The molecule has 0 atom stereocenters. The van der Waals surface area contributed by atoms with Crippen LogP contribution in [0, 0.1) is 6.92 Å². The third kappa shape index (κ3) is 3.15. The normalized spacial score (nSPS) is 10.2. The molecule has 4 heteroatoms. The molecular formula is C16H18NO3+. The largest absolute Gasteiger partial charge is 0.493 e. The van der Waals surface area contributed by atoms with E-state index >= 15 is 0 Å². The van der Waals surface area contributed by atoms with Crippen LogP contribution in [0.4, 0.5) is 0 Å². The molecule has 4 nitrogen and oxygen atoms in total. The Kier molecular flexibility index (Phi) is 4.35. The van der Waals surface area contributed by atoms with Crippen LogP contribution in [0.5, 0.6) is 11.5 Å². The van der Waals surface area contributed by atoms with E-state index in [0.717, 1.165) is 0 Å². The van der Waals surface area contributed by atoms with Crippen LogP contribution in [0.1, 0.15) is 15.9 Å². The van der Waals surface area contributed by atoms with Gasteiger partial charge in [-0.1, -0.05) is 0 Å². The van der Waals surface area contributed by atoms with Gasteiger partial charge in [-0.3, -0.25) is 4.79 Å². The van der Waals surface area contributed by atoms with Gasteiger partial charge in [-0.25, -0.2) is 0 Å². The summed E-state index contributed by atoms with van der Waals surface area (Å²) in [6.07, 6.45) is 3.79. The van der Waals surface area contributed by atoms with Crippen molar-refractivity contribution >= 4 is 5.78 Å². The van der Waals surface area contributed by atoms with Crippen LogP contribution in [0.3, 0.4) is 0 Å². The molecule has 1 aromatic carbocycles. The number of ketones is 1. The number of aryl methyl sites for hydroxylation is 1. The molecule has 0 amide bonds. The van der Waals surface area contributed by atoms with Crippen molar-refractivity contribution < 1.29 is 18.8 Å². The van der Waals surface area contributed by atoms with Crippen molar-refractivity contribution in [1.29, 1.82) is 0 Å². The first-order valence-electron chi connectivity index (χ1n) is 6.35. The maximum Gasteiger partial charge on any atom is 0.227 e. The van der Waals surface area contributed by atoms with E-state index in [1.165, 1.54) is 5.56 Å². The average Bonchev–Trinajstić information content (AvgIpc) is 2.48. The summed E-state index contributed by atoms with van der Waals surface area (Å²) in [4.78, 5) is 12.2. The minimum Gasteiger partial charge on any atom is -0.493 e. The molecule has 20 heavy (non-hydrogen) atoms. The van der Waals surface area contributed by atoms with Crippen molar-refractivity contribution in [2.24, 2.45) is 0 Å². The van der Waals surface area contributed by atoms with Gasteiger partial charge in [-0.15, -0.1) is 0 Å². The molecule has 1 aromatic heterocycles. The zero-order valence-electron chi connectivity index (χ0n) is 11.9. The molecule has 0 spiro atoms. The predicted molar refractivity (Wildman–Crippen MR) is 75.3 cm³/mol. The minimum absolute atomic E-state index is 0.0276. The summed E-state index contributed by atoms with van der Waals surface area (Å²) in [5.41, 5.74) is 1.77. The van der Waals surface area contributed by atoms with Crippen LogP contribution in [-0.4, -0.2) is 20.0 Å². The van der Waals surface area contributed by atoms with Crippen LogP contribution in [0.25, 0.3) is 0 Å². The second-order valence-electron chi connectivity index (χ2n) is 4.54. The number of rotatable bonds is 5. The van der Waals surface area contributed by atoms with Crippen molar-refractivity contribution in [2.75, 3.05) is 14.2 Å². The Balaban J connectivity index is 2.18. The molecule has 0 radical (unpaired) electrons. The number of Topliss-reactive ketones (excluding diaryl/α,β-unsaturated/α-hetero) is 1. The molecule has 0 aliphatic heterocycles. The standard InChI is InChI=1S/C16H18NO3/c1-12-6-8-17(9-7-12)11-14(18)13-4-5-15(19-2)16(10-13)20-3/h4-10H,11H2,1-3H3/q+1. The van der Waals surface area contributed by atoms with Crippen molar-refractivity contribution in [3.63, 3.8) is 0 Å². The summed E-state index contributed by atoms with van der Waals surface area (Å²) in [6.45, 7) is 2.32. The van der Waals surface area contributed by atoms with E-state index in [9.17, 15) is 4.79 Å². The lowest BCUT2D eigenvalue weighted by atomic mass is 10.1. The van der Waals surface area contributed by atoms with E-state index in [4.69, 9.17) is 9.47 Å². The highest BCUT2D eigenvalue weighted by molar-refractivity contribution is 5.95. The molecule has 0 aliphatic carbocycles. The Labute approximate surface area is 118 Å². The van der Waals surface area contributed by atoms with Crippen molar-refractivity contribution in [3.05, 3.63) is 53.9 Å². The Hall–Kier alpha value is -2.36. The molecule has 0 N–H and O–H groups in total. The molecule has 0 fully saturated rings. The van der Waals surface area contributed by atoms with E-state index in [0.29, 0.717) is 23.6 Å². The Morgan fingerprint density at radius 3 is 2.30 bits per heavy atom. The first-order chi connectivity index (χ1) is 9.63. The smallest absolute Gasteiger partial charge is 0.227 e. The quantitative estimate of drug-likeness (QED) is 0.618. The fraction of sp³-hybridized carbons (Fsp3) is 0.250. The Bertz CT molecular complexity index is 606. The molecule has 0 unspecified atom stereocenters. The Morgan fingerprint density at radius 2 is 1.70 bits per heavy atom. The zero-order valence-corrected chi connectivity index (χ0v) is 11.9. The lowest BCUT2D eigenvalue weighted by molar-refractivity contribution is -0.683. The van der Waals surface area contributed by atoms with E-state index in [1.54, 1.807) is 32.4 Å². The minimum atomic E-state index is 0.0276. The number of hydrogen-bond donors (Lipinski definition) is 0. The third-order valence-corrected chi connectivity index (χ3v) is 3.09. The van der Waals surface area contributed by atoms with E-state index in [-0.39, 0.29) is 5.78 Å². The van der Waals surface area contributed by atoms with Crippen molar-refractivity contribution in [1.82, 2.24) is 0 Å². The first-order valence-corrected chi connectivity index (χ1v) is 6.35. The van der Waals surface area contributed by atoms with Gasteiger partial charge >= 0.3 is 0 Å². The summed E-state index contributed by atoms with van der Waals surface area (Å²) in [6, 6.07) is 9.14. The average molecular weight is 272 g/mol. The number of nitrogens with zero attached hydrogens (tertiary/aromatic N) is 1. The number of pyridine rings is 1. The number of methoxy groups -OCH3 is 2. The fourth-order valence-electron chi connectivity index (χ4n) is 1.90. The van der Waals surface area contributed by atoms with Gasteiger partial charge < -0.3 is 9.47 Å². The molecule has 0 saturated heterocycles. The highest BCUT2D eigenvalue weighted by atomic mass is 16.5. The summed E-state index contributed by atoms with van der Waals surface area (Å²) in [7, 11) is 3.13. The lowest BCUT2D eigenvalue weighted by Crippen LogP contribution is -2.37. The van der Waals surface area contributed by atoms with Gasteiger partial charge in [-0.2, -0.15) is 4.57 Å². The molecule has 0 aliphatic rings. The molecule has 0 saturated carbocycles. The van der Waals surface area contributed by atoms with Crippen LogP contribution in [0.2, 0.25) is 0 Å². The summed E-state index contributed by atoms with van der Waals surface area (Å²) in [5, 5.41) is 0. The van der Waals surface area contributed by atoms with E-state index in [1.807, 2.05) is 36.0 Å². The second kappa shape index (κ2) is 6.19. The number of aromatic nitrogens is 1. The second-order valence-corrected chi connectivity index (χ2v) is 4.54. The summed E-state index contributed by atoms with van der Waals surface area (Å²) >= 11 is 0. The molecule has 2 aromatic rings. The Morgan fingerprint density at radius 1 is 1.05 bits per heavy atom. The SMILES string of the molecule is COc1ccc(C(=O)C[n+]2ccc(C)cc2)cc1OC. The van der Waals surface area contributed by atoms with Gasteiger partial charge in [0.05, 0.1) is 14.2 Å². The van der Waals surface area contributed by atoms with Gasteiger partial charge in [0, 0.05) is 17.7 Å². The maximum absolute atomic E-state index is 12.2. The van der Waals surface area contributed by atoms with Gasteiger partial charge in [0.1, 0.15) is 0 Å². The molecule has 2 rings (SSSR count). The number of ether oxygens (including phenoxy) is 2. The van der Waals surface area contributed by atoms with E-state index < -0.39 is 0 Å². The number of hydrogen-bond acceptors (Lipinski definition) is 3. The topological polar surface area (TPSA) is 39.4 Å². The van der Waals surface area contributed by atoms with Crippen LogP contribution in [0.15, 0.2) is 42.7 Å². The van der Waals surface area contributed by atoms with Crippen LogP contribution >= 0.6 is 0 Å². The first kappa shape index (κ1) is 14.1. The molecule has 104 valence electrons. The molecular weight excluding hydrogens is 254 g/mol. The number of carbonyl (C=O) groups is 1.